The molecule has 0 bridgehead atoms. The first-order chi connectivity index (χ1) is 11.2. The van der Waals surface area contributed by atoms with Crippen LogP contribution in [-0.4, -0.2) is 62.2 Å². The van der Waals surface area contributed by atoms with Gasteiger partial charge in [0.15, 0.2) is 5.16 Å². The molecule has 0 aromatic carbocycles. The van der Waals surface area contributed by atoms with Crippen LogP contribution in [0.1, 0.15) is 6.92 Å². The van der Waals surface area contributed by atoms with E-state index in [0.29, 0.717) is 18.2 Å². The van der Waals surface area contributed by atoms with Gasteiger partial charge in [-0.15, -0.1) is 0 Å². The number of carbonyl (C=O) groups is 1. The minimum atomic E-state index is -0.197. The summed E-state index contributed by atoms with van der Waals surface area (Å²) in [6.07, 6.45) is 6.84. The molecule has 0 aliphatic carbocycles. The zero-order valence-electron chi connectivity index (χ0n) is 12.9. The first-order valence-corrected chi connectivity index (χ1v) is 8.36. The highest BCUT2D eigenvalue weighted by molar-refractivity contribution is 8.00. The van der Waals surface area contributed by atoms with Crippen molar-refractivity contribution in [1.82, 2.24) is 24.8 Å². The summed E-state index contributed by atoms with van der Waals surface area (Å²) >= 11 is 1.39. The molecule has 1 fully saturated rings. The highest BCUT2D eigenvalue weighted by Crippen LogP contribution is 2.21. The van der Waals surface area contributed by atoms with Gasteiger partial charge >= 0.3 is 0 Å². The molecule has 23 heavy (non-hydrogen) atoms. The molecule has 3 rings (SSSR count). The summed E-state index contributed by atoms with van der Waals surface area (Å²) < 4.78 is 0. The van der Waals surface area contributed by atoms with E-state index in [2.05, 4.69) is 24.8 Å². The van der Waals surface area contributed by atoms with Crippen LogP contribution in [0.25, 0.3) is 0 Å². The van der Waals surface area contributed by atoms with Crippen LogP contribution in [0.2, 0.25) is 0 Å². The van der Waals surface area contributed by atoms with E-state index in [1.165, 1.54) is 11.8 Å². The lowest BCUT2D eigenvalue weighted by atomic mass is 10.3. The molecule has 0 saturated carbocycles. The van der Waals surface area contributed by atoms with Crippen molar-refractivity contribution >= 4 is 23.6 Å². The molecule has 2 aromatic heterocycles. The summed E-state index contributed by atoms with van der Waals surface area (Å²) in [7, 11) is 0. The number of carbonyl (C=O) groups excluding carboxylic acids is 1. The Balaban J connectivity index is 1.54. The number of hydrogen-bond acceptors (Lipinski definition) is 7. The predicted molar refractivity (Wildman–Crippen MR) is 88.2 cm³/mol. The van der Waals surface area contributed by atoms with Gasteiger partial charge in [-0.2, -0.15) is 0 Å². The van der Waals surface area contributed by atoms with E-state index >= 15 is 0 Å². The number of hydrogen-bond donors (Lipinski definition) is 0. The van der Waals surface area contributed by atoms with Gasteiger partial charge in [-0.05, 0) is 19.1 Å². The normalized spacial score (nSPS) is 16.2. The fraction of sp³-hybridized carbons (Fsp3) is 0.400. The molecule has 1 aliphatic rings. The first-order valence-electron chi connectivity index (χ1n) is 7.48. The van der Waals surface area contributed by atoms with Crippen molar-refractivity contribution in [3.05, 3.63) is 36.9 Å². The number of anilines is 1. The van der Waals surface area contributed by atoms with Gasteiger partial charge in [-0.3, -0.25) is 4.79 Å². The fourth-order valence-electron chi connectivity index (χ4n) is 2.39. The zero-order valence-corrected chi connectivity index (χ0v) is 13.7. The van der Waals surface area contributed by atoms with Crippen molar-refractivity contribution in [2.45, 2.75) is 17.3 Å². The lowest BCUT2D eigenvalue weighted by molar-refractivity contribution is -0.130. The van der Waals surface area contributed by atoms with Crippen molar-refractivity contribution in [3.63, 3.8) is 0 Å². The van der Waals surface area contributed by atoms with E-state index in [1.54, 1.807) is 36.9 Å². The molecule has 1 atom stereocenters. The van der Waals surface area contributed by atoms with E-state index in [4.69, 9.17) is 0 Å². The molecule has 1 aliphatic heterocycles. The molecule has 1 unspecified atom stereocenters. The monoisotopic (exact) mass is 330 g/mol. The zero-order chi connectivity index (χ0) is 16.1. The highest BCUT2D eigenvalue weighted by atomic mass is 32.2. The van der Waals surface area contributed by atoms with E-state index in [0.717, 1.165) is 19.0 Å². The van der Waals surface area contributed by atoms with Crippen molar-refractivity contribution in [2.75, 3.05) is 31.1 Å². The van der Waals surface area contributed by atoms with Crippen LogP contribution in [0.5, 0.6) is 0 Å². The number of thioether (sulfide) groups is 1. The Morgan fingerprint density at radius 1 is 1.00 bits per heavy atom. The van der Waals surface area contributed by atoms with Crippen LogP contribution in [0, 0.1) is 0 Å². The van der Waals surface area contributed by atoms with Gasteiger partial charge in [-0.25, -0.2) is 19.9 Å². The van der Waals surface area contributed by atoms with Crippen LogP contribution in [-0.2, 0) is 4.79 Å². The van der Waals surface area contributed by atoms with Gasteiger partial charge in [0.1, 0.15) is 0 Å². The van der Waals surface area contributed by atoms with Gasteiger partial charge in [0.25, 0.3) is 0 Å². The average Bonchev–Trinajstić information content (AvgIpc) is 2.63. The third-order valence-corrected chi connectivity index (χ3v) is 4.58. The quantitative estimate of drug-likeness (QED) is 0.614. The summed E-state index contributed by atoms with van der Waals surface area (Å²) in [4.78, 5) is 33.4. The Bertz CT molecular complexity index is 633. The third kappa shape index (κ3) is 3.95. The fourth-order valence-corrected chi connectivity index (χ4v) is 3.20. The topological polar surface area (TPSA) is 75.1 Å². The first kappa shape index (κ1) is 15.7. The minimum Gasteiger partial charge on any atom is -0.338 e. The minimum absolute atomic E-state index is 0.121. The maximum atomic E-state index is 12.5. The number of rotatable bonds is 4. The van der Waals surface area contributed by atoms with Crippen LogP contribution in [0.3, 0.4) is 0 Å². The number of aromatic nitrogens is 4. The molecule has 0 N–H and O–H groups in total. The molecule has 1 amide bonds. The van der Waals surface area contributed by atoms with Crippen molar-refractivity contribution in [1.29, 1.82) is 0 Å². The van der Waals surface area contributed by atoms with Gasteiger partial charge in [0.05, 0.1) is 5.25 Å². The van der Waals surface area contributed by atoms with Crippen LogP contribution < -0.4 is 4.90 Å². The molecule has 1 saturated heterocycles. The Hall–Kier alpha value is -2.22. The molecule has 120 valence electrons. The second kappa shape index (κ2) is 7.36. The third-order valence-electron chi connectivity index (χ3n) is 3.60. The Morgan fingerprint density at radius 3 is 2.17 bits per heavy atom. The molecule has 3 heterocycles. The average molecular weight is 330 g/mol. The van der Waals surface area contributed by atoms with E-state index < -0.39 is 0 Å². The van der Waals surface area contributed by atoms with Gasteiger partial charge in [0.2, 0.25) is 11.9 Å². The number of amides is 1. The Kier molecular flexibility index (Phi) is 5.02. The molecule has 8 heteroatoms. The smallest absolute Gasteiger partial charge is 0.236 e. The predicted octanol–water partition coefficient (Wildman–Crippen LogP) is 1.10. The van der Waals surface area contributed by atoms with Crippen molar-refractivity contribution in [3.8, 4) is 0 Å². The van der Waals surface area contributed by atoms with Gasteiger partial charge < -0.3 is 9.80 Å². The second-order valence-electron chi connectivity index (χ2n) is 5.15. The van der Waals surface area contributed by atoms with Gasteiger partial charge in [0, 0.05) is 51.0 Å². The Morgan fingerprint density at radius 2 is 1.57 bits per heavy atom. The molecular weight excluding hydrogens is 312 g/mol. The van der Waals surface area contributed by atoms with Crippen LogP contribution in [0.15, 0.2) is 42.1 Å². The van der Waals surface area contributed by atoms with Crippen LogP contribution >= 0.6 is 11.8 Å². The lowest BCUT2D eigenvalue weighted by Crippen LogP contribution is -2.51. The molecule has 0 radical (unpaired) electrons. The largest absolute Gasteiger partial charge is 0.338 e. The van der Waals surface area contributed by atoms with E-state index in [-0.39, 0.29) is 11.2 Å². The SMILES string of the molecule is CC(Sc1ncccn1)C(=O)N1CCN(c2ncccn2)CC1. The summed E-state index contributed by atoms with van der Waals surface area (Å²) in [6, 6.07) is 3.56. The molecular formula is C15H18N6OS. The number of nitrogens with zero attached hydrogens (tertiary/aromatic N) is 6. The van der Waals surface area contributed by atoms with Gasteiger partial charge in [-0.1, -0.05) is 11.8 Å². The summed E-state index contributed by atoms with van der Waals surface area (Å²) in [6.45, 7) is 4.75. The maximum Gasteiger partial charge on any atom is 0.236 e. The number of piperazine rings is 1. The Labute approximate surface area is 139 Å². The summed E-state index contributed by atoms with van der Waals surface area (Å²) in [5, 5.41) is 0.432. The summed E-state index contributed by atoms with van der Waals surface area (Å²) in [5.74, 6) is 0.843. The van der Waals surface area contributed by atoms with Crippen molar-refractivity contribution < 1.29 is 4.79 Å². The van der Waals surface area contributed by atoms with E-state index in [1.807, 2.05) is 11.8 Å². The highest BCUT2D eigenvalue weighted by Gasteiger charge is 2.26. The van der Waals surface area contributed by atoms with E-state index in [9.17, 15) is 4.79 Å². The lowest BCUT2D eigenvalue weighted by Gasteiger charge is -2.35. The maximum absolute atomic E-state index is 12.5. The standard InChI is InChI=1S/C15H18N6OS/c1-12(23-15-18-6-3-7-19-15)13(22)20-8-10-21(11-9-20)14-16-4-2-5-17-14/h2-7,12H,8-11H2,1H3. The molecule has 2 aromatic rings. The molecule has 0 spiro atoms. The molecule has 7 nitrogen and oxygen atoms in total. The summed E-state index contributed by atoms with van der Waals surface area (Å²) in [5.41, 5.74) is 0. The second-order valence-corrected chi connectivity index (χ2v) is 6.46. The van der Waals surface area contributed by atoms with Crippen LogP contribution in [0.4, 0.5) is 5.95 Å². The van der Waals surface area contributed by atoms with Crippen molar-refractivity contribution in [2.24, 2.45) is 0 Å².